The van der Waals surface area contributed by atoms with Crippen molar-refractivity contribution in [2.75, 3.05) is 0 Å². The highest BCUT2D eigenvalue weighted by Gasteiger charge is 2.08. The second kappa shape index (κ2) is 5.42. The van der Waals surface area contributed by atoms with Gasteiger partial charge in [0.2, 0.25) is 0 Å². The number of carbonyl (C=O) groups excluding carboxylic acids is 1. The first-order valence-electron chi connectivity index (χ1n) is 6.23. The van der Waals surface area contributed by atoms with E-state index < -0.39 is 0 Å². The molecule has 1 aromatic carbocycles. The fourth-order valence-electron chi connectivity index (χ4n) is 1.84. The molecule has 6 heteroatoms. The van der Waals surface area contributed by atoms with Crippen LogP contribution in [-0.4, -0.2) is 25.7 Å². The molecule has 0 bridgehead atoms. The molecule has 5 nitrogen and oxygen atoms in total. The molecular formula is C14H12N4OS. The van der Waals surface area contributed by atoms with E-state index in [-0.39, 0.29) is 5.78 Å². The van der Waals surface area contributed by atoms with Crippen LogP contribution in [0, 0.1) is 0 Å². The third kappa shape index (κ3) is 2.42. The summed E-state index contributed by atoms with van der Waals surface area (Å²) >= 11 is 1.52. The van der Waals surface area contributed by atoms with Crippen LogP contribution < -0.4 is 0 Å². The van der Waals surface area contributed by atoms with Crippen molar-refractivity contribution >= 4 is 28.7 Å². The number of H-pyrrole nitrogens is 1. The molecule has 0 atom stereocenters. The molecule has 0 aliphatic heterocycles. The van der Waals surface area contributed by atoms with E-state index in [1.807, 2.05) is 31.2 Å². The smallest absolute Gasteiger partial charge is 0.181 e. The molecule has 3 aromatic rings. The lowest BCUT2D eigenvalue weighted by atomic mass is 10.1. The molecule has 0 aliphatic rings. The first kappa shape index (κ1) is 12.8. The summed E-state index contributed by atoms with van der Waals surface area (Å²) in [5, 5.41) is 0.821. The zero-order valence-electron chi connectivity index (χ0n) is 10.8. The van der Waals surface area contributed by atoms with Gasteiger partial charge in [0.05, 0.1) is 6.33 Å². The van der Waals surface area contributed by atoms with Gasteiger partial charge in [-0.25, -0.2) is 15.0 Å². The fraction of sp³-hybridized carbons (Fsp3) is 0.143. The maximum Gasteiger partial charge on any atom is 0.181 e. The molecule has 0 amide bonds. The SMILES string of the molecule is CCC(=O)c1ccc(Sc2ncnc3nc[nH]c23)cc1. The first-order chi connectivity index (χ1) is 9.78. The lowest BCUT2D eigenvalue weighted by Gasteiger charge is -2.03. The number of benzene rings is 1. The van der Waals surface area contributed by atoms with Gasteiger partial charge in [0, 0.05) is 16.9 Å². The Bertz CT molecular complexity index is 751. The molecule has 0 spiro atoms. The summed E-state index contributed by atoms with van der Waals surface area (Å²) in [6.45, 7) is 1.86. The number of aromatic amines is 1. The number of ketones is 1. The van der Waals surface area contributed by atoms with E-state index in [0.29, 0.717) is 12.1 Å². The second-order valence-electron chi connectivity index (χ2n) is 4.18. The number of rotatable bonds is 4. The maximum atomic E-state index is 11.6. The Balaban J connectivity index is 1.88. The molecule has 0 saturated carbocycles. The van der Waals surface area contributed by atoms with E-state index in [1.54, 1.807) is 6.33 Å². The van der Waals surface area contributed by atoms with Crippen LogP contribution in [0.1, 0.15) is 23.7 Å². The fourth-order valence-corrected chi connectivity index (χ4v) is 2.69. The van der Waals surface area contributed by atoms with Gasteiger partial charge >= 0.3 is 0 Å². The van der Waals surface area contributed by atoms with Crippen LogP contribution >= 0.6 is 11.8 Å². The van der Waals surface area contributed by atoms with Crippen LogP contribution in [0.25, 0.3) is 11.2 Å². The molecule has 20 heavy (non-hydrogen) atoms. The highest BCUT2D eigenvalue weighted by atomic mass is 32.2. The normalized spacial score (nSPS) is 10.8. The summed E-state index contributed by atoms with van der Waals surface area (Å²) in [5.41, 5.74) is 2.22. The van der Waals surface area contributed by atoms with E-state index in [4.69, 9.17) is 0 Å². The molecule has 0 saturated heterocycles. The van der Waals surface area contributed by atoms with E-state index >= 15 is 0 Å². The number of hydrogen-bond acceptors (Lipinski definition) is 5. The van der Waals surface area contributed by atoms with Crippen molar-refractivity contribution in [3.63, 3.8) is 0 Å². The third-order valence-electron chi connectivity index (χ3n) is 2.90. The van der Waals surface area contributed by atoms with Gasteiger partial charge in [0.1, 0.15) is 16.9 Å². The van der Waals surface area contributed by atoms with Gasteiger partial charge in [-0.05, 0) is 12.1 Å². The van der Waals surface area contributed by atoms with Crippen LogP contribution in [0.2, 0.25) is 0 Å². The van der Waals surface area contributed by atoms with Crippen molar-refractivity contribution in [3.05, 3.63) is 42.5 Å². The van der Waals surface area contributed by atoms with Crippen LogP contribution in [0.4, 0.5) is 0 Å². The number of nitrogens with zero attached hydrogens (tertiary/aromatic N) is 3. The van der Waals surface area contributed by atoms with Crippen molar-refractivity contribution in [2.24, 2.45) is 0 Å². The zero-order valence-corrected chi connectivity index (χ0v) is 11.6. The Kier molecular flexibility index (Phi) is 3.47. The van der Waals surface area contributed by atoms with Crippen molar-refractivity contribution in [3.8, 4) is 0 Å². The number of imidazole rings is 1. The minimum Gasteiger partial charge on any atom is -0.341 e. The Labute approximate surface area is 119 Å². The average molecular weight is 284 g/mol. The van der Waals surface area contributed by atoms with Gasteiger partial charge in [-0.15, -0.1) is 0 Å². The lowest BCUT2D eigenvalue weighted by Crippen LogP contribution is -1.95. The van der Waals surface area contributed by atoms with Crippen LogP contribution in [-0.2, 0) is 0 Å². The predicted molar refractivity (Wildman–Crippen MR) is 76.9 cm³/mol. The van der Waals surface area contributed by atoms with Gasteiger partial charge in [-0.3, -0.25) is 4.79 Å². The standard InChI is InChI=1S/C14H12N4OS/c1-2-11(19)9-3-5-10(6-4-9)20-14-12-13(16-7-15-12)17-8-18-14/h3-8H,2H2,1H3,(H,15,16,17,18). The van der Waals surface area contributed by atoms with Gasteiger partial charge in [-0.2, -0.15) is 0 Å². The van der Waals surface area contributed by atoms with Gasteiger partial charge in [-0.1, -0.05) is 30.8 Å². The second-order valence-corrected chi connectivity index (χ2v) is 5.25. The van der Waals surface area contributed by atoms with Crippen LogP contribution in [0.15, 0.2) is 46.8 Å². The van der Waals surface area contributed by atoms with Crippen molar-refractivity contribution in [2.45, 2.75) is 23.3 Å². The summed E-state index contributed by atoms with van der Waals surface area (Å²) < 4.78 is 0. The first-order valence-corrected chi connectivity index (χ1v) is 7.04. The van der Waals surface area contributed by atoms with Crippen molar-refractivity contribution in [1.82, 2.24) is 19.9 Å². The van der Waals surface area contributed by atoms with Crippen molar-refractivity contribution in [1.29, 1.82) is 0 Å². The minimum atomic E-state index is 0.152. The molecule has 2 heterocycles. The number of nitrogens with one attached hydrogen (secondary N) is 1. The lowest BCUT2D eigenvalue weighted by molar-refractivity contribution is 0.0988. The third-order valence-corrected chi connectivity index (χ3v) is 3.91. The predicted octanol–water partition coefficient (Wildman–Crippen LogP) is 3.10. The molecule has 100 valence electrons. The van der Waals surface area contributed by atoms with Gasteiger partial charge < -0.3 is 4.98 Å². The van der Waals surface area contributed by atoms with E-state index in [9.17, 15) is 4.79 Å². The van der Waals surface area contributed by atoms with Crippen LogP contribution in [0.5, 0.6) is 0 Å². The molecule has 0 radical (unpaired) electrons. The summed E-state index contributed by atoms with van der Waals surface area (Å²) in [6.07, 6.45) is 3.63. The number of Topliss-reactive ketones (excluding diaryl/α,β-unsaturated/α-hetero) is 1. The average Bonchev–Trinajstić information content (AvgIpc) is 2.97. The Hall–Kier alpha value is -2.21. The molecular weight excluding hydrogens is 272 g/mol. The van der Waals surface area contributed by atoms with Crippen molar-refractivity contribution < 1.29 is 4.79 Å². The van der Waals surface area contributed by atoms with E-state index in [1.165, 1.54) is 18.1 Å². The highest BCUT2D eigenvalue weighted by Crippen LogP contribution is 2.29. The highest BCUT2D eigenvalue weighted by molar-refractivity contribution is 7.99. The summed E-state index contributed by atoms with van der Waals surface area (Å²) in [4.78, 5) is 28.1. The molecule has 1 N–H and O–H groups in total. The zero-order chi connectivity index (χ0) is 13.9. The summed E-state index contributed by atoms with van der Waals surface area (Å²) in [6, 6.07) is 7.55. The monoisotopic (exact) mass is 284 g/mol. The van der Waals surface area contributed by atoms with Gasteiger partial charge in [0.25, 0.3) is 0 Å². The topological polar surface area (TPSA) is 71.5 Å². The Morgan fingerprint density at radius 1 is 1.20 bits per heavy atom. The molecule has 3 rings (SSSR count). The number of hydrogen-bond donors (Lipinski definition) is 1. The molecule has 0 aliphatic carbocycles. The van der Waals surface area contributed by atoms with E-state index in [0.717, 1.165) is 21.0 Å². The number of carbonyl (C=O) groups is 1. The quantitative estimate of drug-likeness (QED) is 0.589. The Morgan fingerprint density at radius 3 is 2.75 bits per heavy atom. The van der Waals surface area contributed by atoms with E-state index in [2.05, 4.69) is 19.9 Å². The molecule has 2 aromatic heterocycles. The Morgan fingerprint density at radius 2 is 2.00 bits per heavy atom. The molecule has 0 fully saturated rings. The number of aromatic nitrogens is 4. The minimum absolute atomic E-state index is 0.152. The maximum absolute atomic E-state index is 11.6. The van der Waals surface area contributed by atoms with Crippen LogP contribution in [0.3, 0.4) is 0 Å². The summed E-state index contributed by atoms with van der Waals surface area (Å²) in [5.74, 6) is 0.152. The van der Waals surface area contributed by atoms with Gasteiger partial charge in [0.15, 0.2) is 11.4 Å². The molecule has 0 unspecified atom stereocenters. The number of fused-ring (bicyclic) bond motifs is 1. The largest absolute Gasteiger partial charge is 0.341 e. The summed E-state index contributed by atoms with van der Waals surface area (Å²) in [7, 11) is 0.